The van der Waals surface area contributed by atoms with Crippen molar-refractivity contribution < 1.29 is 13.9 Å². The third kappa shape index (κ3) is 5.31. The number of carbonyl (C=O) groups excluding carboxylic acids is 1. The normalized spacial score (nSPS) is 11.4. The molecule has 0 aliphatic heterocycles. The molecule has 0 unspecified atom stereocenters. The number of aryl methyl sites for hydroxylation is 2. The van der Waals surface area contributed by atoms with Gasteiger partial charge in [-0.05, 0) is 62.3 Å². The molecule has 2 aromatic rings. The van der Waals surface area contributed by atoms with E-state index in [2.05, 4.69) is 16.2 Å². The first-order valence-corrected chi connectivity index (χ1v) is 8.61. The number of rotatable bonds is 4. The van der Waals surface area contributed by atoms with Crippen LogP contribution in [0, 0.1) is 19.7 Å². The van der Waals surface area contributed by atoms with Crippen molar-refractivity contribution in [1.29, 1.82) is 0 Å². The van der Waals surface area contributed by atoms with Gasteiger partial charge in [-0.1, -0.05) is 29.8 Å². The molecule has 2 rings (SSSR count). The monoisotopic (exact) mass is 395 g/mol. The molecule has 0 fully saturated rings. The molecule has 3 N–H and O–H groups in total. The smallest absolute Gasteiger partial charge is 0.279 e. The highest BCUT2D eigenvalue weighted by Gasteiger charge is 2.17. The van der Waals surface area contributed by atoms with E-state index in [9.17, 15) is 9.18 Å². The minimum absolute atomic E-state index is 0.00193. The van der Waals surface area contributed by atoms with E-state index in [1.54, 1.807) is 6.07 Å². The van der Waals surface area contributed by atoms with E-state index in [0.29, 0.717) is 10.7 Å². The molecular formula is C18H19ClFN3O2S. The zero-order chi connectivity index (χ0) is 19.3. The van der Waals surface area contributed by atoms with Gasteiger partial charge in [0.2, 0.25) is 0 Å². The summed E-state index contributed by atoms with van der Waals surface area (Å²) >= 11 is 11.4. The number of nitrogens with one attached hydrogen (secondary N) is 3. The van der Waals surface area contributed by atoms with E-state index >= 15 is 0 Å². The van der Waals surface area contributed by atoms with Crippen LogP contribution in [0.15, 0.2) is 36.4 Å². The Kier molecular flexibility index (Phi) is 6.76. The Hall–Kier alpha value is -2.38. The van der Waals surface area contributed by atoms with Gasteiger partial charge in [0, 0.05) is 0 Å². The molecule has 0 spiro atoms. The molecule has 1 atom stereocenters. The molecular weight excluding hydrogens is 377 g/mol. The first-order chi connectivity index (χ1) is 12.3. The number of ether oxygens (including phenoxy) is 1. The summed E-state index contributed by atoms with van der Waals surface area (Å²) in [4.78, 5) is 12.1. The van der Waals surface area contributed by atoms with E-state index in [1.807, 2.05) is 26.0 Å². The van der Waals surface area contributed by atoms with E-state index in [1.165, 1.54) is 25.1 Å². The number of hydrogen-bond acceptors (Lipinski definition) is 3. The minimum atomic E-state index is -0.924. The van der Waals surface area contributed by atoms with Crippen LogP contribution in [0.3, 0.4) is 0 Å². The first-order valence-electron chi connectivity index (χ1n) is 7.82. The number of halogens is 2. The van der Waals surface area contributed by atoms with Crippen LogP contribution in [0.1, 0.15) is 18.1 Å². The van der Waals surface area contributed by atoms with Crippen molar-refractivity contribution >= 4 is 40.5 Å². The Morgan fingerprint density at radius 3 is 2.58 bits per heavy atom. The molecule has 0 saturated heterocycles. The maximum absolute atomic E-state index is 13.6. The Bertz CT molecular complexity index is 809. The number of amides is 1. The summed E-state index contributed by atoms with van der Waals surface area (Å²) in [5.74, 6) is -1.05. The van der Waals surface area contributed by atoms with Crippen molar-refractivity contribution in [3.8, 4) is 5.75 Å². The maximum Gasteiger partial charge on any atom is 0.279 e. The van der Waals surface area contributed by atoms with Crippen LogP contribution in [0.2, 0.25) is 5.02 Å². The summed E-state index contributed by atoms with van der Waals surface area (Å²) in [7, 11) is 0. The summed E-state index contributed by atoms with van der Waals surface area (Å²) in [5.41, 5.74) is 7.58. The maximum atomic E-state index is 13.6. The Morgan fingerprint density at radius 2 is 1.92 bits per heavy atom. The van der Waals surface area contributed by atoms with Crippen molar-refractivity contribution in [2.45, 2.75) is 26.9 Å². The molecule has 0 aliphatic rings. The van der Waals surface area contributed by atoms with Gasteiger partial charge in [-0.3, -0.25) is 15.6 Å². The van der Waals surface area contributed by atoms with Gasteiger partial charge >= 0.3 is 0 Å². The number of benzene rings is 2. The summed E-state index contributed by atoms with van der Waals surface area (Å²) < 4.78 is 18.9. The zero-order valence-corrected chi connectivity index (χ0v) is 16.1. The molecule has 1 amide bonds. The Morgan fingerprint density at radius 1 is 1.23 bits per heavy atom. The number of thiocarbonyl (C=S) groups is 1. The lowest BCUT2D eigenvalue weighted by molar-refractivity contribution is -0.127. The van der Waals surface area contributed by atoms with Crippen LogP contribution in [0.5, 0.6) is 5.75 Å². The standard InChI is InChI=1S/C18H19ClFN3O2S/c1-10-8-11(2)16(13(19)9-10)21-18(26)23-22-17(24)12(3)25-15-7-5-4-6-14(15)20/h4-9,12H,1-3H3,(H,22,24)(H2,21,23,26)/t12-/m1/s1. The molecule has 0 bridgehead atoms. The quantitative estimate of drug-likeness (QED) is 0.541. The fourth-order valence-electron chi connectivity index (χ4n) is 2.22. The van der Waals surface area contributed by atoms with E-state index < -0.39 is 17.8 Å². The molecule has 0 aliphatic carbocycles. The van der Waals surface area contributed by atoms with Crippen molar-refractivity contribution in [2.24, 2.45) is 0 Å². The summed E-state index contributed by atoms with van der Waals surface area (Å²) in [6.07, 6.45) is -0.924. The zero-order valence-electron chi connectivity index (χ0n) is 14.5. The third-order valence-corrected chi connectivity index (χ3v) is 3.98. The Balaban J connectivity index is 1.89. The van der Waals surface area contributed by atoms with Crippen LogP contribution in [-0.4, -0.2) is 17.1 Å². The van der Waals surface area contributed by atoms with E-state index in [4.69, 9.17) is 28.6 Å². The lowest BCUT2D eigenvalue weighted by Crippen LogP contribution is -2.48. The van der Waals surface area contributed by atoms with Gasteiger partial charge in [0.1, 0.15) is 0 Å². The number of hydrogen-bond donors (Lipinski definition) is 3. The summed E-state index contributed by atoms with van der Waals surface area (Å²) in [6, 6.07) is 9.62. The SMILES string of the molecule is Cc1cc(C)c(NC(=S)NNC(=O)[C@@H](C)Oc2ccccc2F)c(Cl)c1. The average molecular weight is 396 g/mol. The van der Waals surface area contributed by atoms with E-state index in [0.717, 1.165) is 11.1 Å². The number of anilines is 1. The van der Waals surface area contributed by atoms with E-state index in [-0.39, 0.29) is 10.9 Å². The van der Waals surface area contributed by atoms with Gasteiger partial charge < -0.3 is 10.1 Å². The second kappa shape index (κ2) is 8.82. The van der Waals surface area contributed by atoms with Gasteiger partial charge in [0.05, 0.1) is 10.7 Å². The highest BCUT2D eigenvalue weighted by Crippen LogP contribution is 2.27. The van der Waals surface area contributed by atoms with Crippen LogP contribution in [0.25, 0.3) is 0 Å². The second-order valence-electron chi connectivity index (χ2n) is 5.70. The van der Waals surface area contributed by atoms with Crippen molar-refractivity contribution in [1.82, 2.24) is 10.9 Å². The Labute approximate surface area is 161 Å². The highest BCUT2D eigenvalue weighted by molar-refractivity contribution is 7.80. The fraction of sp³-hybridized carbons (Fsp3) is 0.222. The second-order valence-corrected chi connectivity index (χ2v) is 6.51. The summed E-state index contributed by atoms with van der Waals surface area (Å²) in [6.45, 7) is 5.34. The molecule has 26 heavy (non-hydrogen) atoms. The number of hydrazine groups is 1. The lowest BCUT2D eigenvalue weighted by atomic mass is 10.1. The van der Waals surface area contributed by atoms with Gasteiger partial charge in [0.25, 0.3) is 5.91 Å². The van der Waals surface area contributed by atoms with Gasteiger partial charge in [-0.2, -0.15) is 0 Å². The molecule has 0 saturated carbocycles. The summed E-state index contributed by atoms with van der Waals surface area (Å²) in [5, 5.41) is 3.61. The molecule has 138 valence electrons. The van der Waals surface area contributed by atoms with Gasteiger partial charge in [-0.25, -0.2) is 4.39 Å². The average Bonchev–Trinajstić information content (AvgIpc) is 2.57. The van der Waals surface area contributed by atoms with Gasteiger partial charge in [-0.15, -0.1) is 0 Å². The van der Waals surface area contributed by atoms with Crippen LogP contribution >= 0.6 is 23.8 Å². The van der Waals surface area contributed by atoms with Crippen LogP contribution in [0.4, 0.5) is 10.1 Å². The molecule has 5 nitrogen and oxygen atoms in total. The van der Waals surface area contributed by atoms with Crippen molar-refractivity contribution in [3.63, 3.8) is 0 Å². The van der Waals surface area contributed by atoms with Gasteiger partial charge in [0.15, 0.2) is 22.8 Å². The minimum Gasteiger partial charge on any atom is -0.478 e. The molecule has 0 heterocycles. The highest BCUT2D eigenvalue weighted by atomic mass is 35.5. The van der Waals surface area contributed by atoms with Crippen LogP contribution in [-0.2, 0) is 4.79 Å². The first kappa shape index (κ1) is 19.9. The van der Waals surface area contributed by atoms with Crippen LogP contribution < -0.4 is 20.9 Å². The predicted molar refractivity (Wildman–Crippen MR) is 105 cm³/mol. The molecule has 0 radical (unpaired) electrons. The predicted octanol–water partition coefficient (Wildman–Crippen LogP) is 3.88. The molecule has 8 heteroatoms. The largest absolute Gasteiger partial charge is 0.478 e. The molecule has 0 aromatic heterocycles. The molecule has 2 aromatic carbocycles. The van der Waals surface area contributed by atoms with Crippen molar-refractivity contribution in [2.75, 3.05) is 5.32 Å². The number of carbonyl (C=O) groups is 1. The number of para-hydroxylation sites is 1. The topological polar surface area (TPSA) is 62.4 Å². The van der Waals surface area contributed by atoms with Crippen molar-refractivity contribution in [3.05, 3.63) is 58.4 Å². The lowest BCUT2D eigenvalue weighted by Gasteiger charge is -2.18. The fourth-order valence-corrected chi connectivity index (χ4v) is 2.74. The third-order valence-electron chi connectivity index (χ3n) is 3.48.